The molecule has 4 aromatic rings. The minimum atomic E-state index is -0.355. The molecule has 0 fully saturated rings. The fourth-order valence-electron chi connectivity index (χ4n) is 3.18. The third-order valence-electron chi connectivity index (χ3n) is 4.56. The van der Waals surface area contributed by atoms with Crippen LogP contribution in [0.2, 0.25) is 0 Å². The maximum Gasteiger partial charge on any atom is 0.255 e. The number of benzene rings is 2. The molecule has 2 aromatic heterocycles. The van der Waals surface area contributed by atoms with Crippen molar-refractivity contribution in [3.63, 3.8) is 0 Å². The van der Waals surface area contributed by atoms with Crippen LogP contribution in [-0.4, -0.2) is 28.9 Å². The minimum absolute atomic E-state index is 0.284. The van der Waals surface area contributed by atoms with Gasteiger partial charge in [-0.1, -0.05) is 18.2 Å². The van der Waals surface area contributed by atoms with E-state index in [1.807, 2.05) is 24.3 Å². The number of amides is 1. The minimum Gasteiger partial charge on any atom is -0.355 e. The molecule has 5 nitrogen and oxygen atoms in total. The summed E-state index contributed by atoms with van der Waals surface area (Å²) >= 11 is 0. The van der Waals surface area contributed by atoms with Crippen molar-refractivity contribution < 1.29 is 14.0 Å². The number of rotatable bonds is 4. The van der Waals surface area contributed by atoms with Crippen molar-refractivity contribution in [1.82, 2.24) is 14.9 Å². The quantitative estimate of drug-likeness (QED) is 0.551. The van der Waals surface area contributed by atoms with Gasteiger partial charge in [0.1, 0.15) is 17.8 Å². The lowest BCUT2D eigenvalue weighted by atomic mass is 10.0. The zero-order valence-corrected chi connectivity index (χ0v) is 15.0. The predicted molar refractivity (Wildman–Crippen MR) is 105 cm³/mol. The van der Waals surface area contributed by atoms with Crippen LogP contribution in [0.15, 0.2) is 66.9 Å². The molecule has 0 spiro atoms. The van der Waals surface area contributed by atoms with Crippen LogP contribution in [-0.2, 0) is 0 Å². The molecule has 0 aliphatic rings. The van der Waals surface area contributed by atoms with Crippen LogP contribution in [0, 0.1) is 5.82 Å². The molecule has 0 aliphatic heterocycles. The summed E-state index contributed by atoms with van der Waals surface area (Å²) in [6.07, 6.45) is 2.56. The zero-order valence-electron chi connectivity index (χ0n) is 15.0. The van der Waals surface area contributed by atoms with Gasteiger partial charge in [-0.05, 0) is 53.6 Å². The van der Waals surface area contributed by atoms with Gasteiger partial charge in [0.05, 0.1) is 11.1 Å². The summed E-state index contributed by atoms with van der Waals surface area (Å²) in [5, 5.41) is 7.17. The van der Waals surface area contributed by atoms with E-state index >= 15 is 0 Å². The summed E-state index contributed by atoms with van der Waals surface area (Å²) in [4.78, 5) is 23.7. The molecule has 0 bridgehead atoms. The fourth-order valence-corrected chi connectivity index (χ4v) is 3.18. The number of pyridine rings is 1. The largest absolute Gasteiger partial charge is 0.355 e. The first-order valence-corrected chi connectivity index (χ1v) is 8.66. The van der Waals surface area contributed by atoms with E-state index < -0.39 is 0 Å². The Balaban J connectivity index is 1.93. The summed E-state index contributed by atoms with van der Waals surface area (Å²) < 4.78 is 14.9. The Morgan fingerprint density at radius 1 is 1.04 bits per heavy atom. The lowest BCUT2D eigenvalue weighted by Crippen LogP contribution is -2.18. The van der Waals surface area contributed by atoms with E-state index in [2.05, 4.69) is 10.4 Å². The summed E-state index contributed by atoms with van der Waals surface area (Å²) in [6.45, 7) is 0. The number of fused-ring (bicyclic) bond motifs is 1. The van der Waals surface area contributed by atoms with Crippen LogP contribution in [0.5, 0.6) is 0 Å². The van der Waals surface area contributed by atoms with Gasteiger partial charge in [0.15, 0.2) is 0 Å². The Morgan fingerprint density at radius 2 is 1.79 bits per heavy atom. The van der Waals surface area contributed by atoms with Crippen LogP contribution in [0.1, 0.15) is 20.7 Å². The van der Waals surface area contributed by atoms with Gasteiger partial charge in [0.25, 0.3) is 5.91 Å². The predicted octanol–water partition coefficient (Wildman–Crippen LogP) is 3.98. The molecule has 6 heteroatoms. The molecule has 0 saturated heterocycles. The Hall–Kier alpha value is -3.80. The molecule has 0 saturated carbocycles. The third-order valence-corrected chi connectivity index (χ3v) is 4.56. The third kappa shape index (κ3) is 3.05. The number of aromatic nitrogens is 2. The van der Waals surface area contributed by atoms with Crippen LogP contribution in [0.4, 0.5) is 4.39 Å². The van der Waals surface area contributed by atoms with Gasteiger partial charge >= 0.3 is 0 Å². The van der Waals surface area contributed by atoms with Crippen LogP contribution in [0.25, 0.3) is 27.9 Å². The Morgan fingerprint density at radius 3 is 2.50 bits per heavy atom. The molecule has 0 atom stereocenters. The number of nitrogens with zero attached hydrogens (tertiary/aromatic N) is 2. The standard InChI is InChI=1S/C22H16FN3O2/c1-24-22(28)20-19-12-17(16-4-2-3-14(11-16)13-27)9-10-26(19)25-21(20)15-5-7-18(23)8-6-15/h2-13H,1H3,(H,24,28). The smallest absolute Gasteiger partial charge is 0.255 e. The molecular weight excluding hydrogens is 357 g/mol. The van der Waals surface area contributed by atoms with Crippen molar-refractivity contribution in [1.29, 1.82) is 0 Å². The summed E-state index contributed by atoms with van der Waals surface area (Å²) in [7, 11) is 1.55. The van der Waals surface area contributed by atoms with Crippen LogP contribution in [0.3, 0.4) is 0 Å². The van der Waals surface area contributed by atoms with Crippen molar-refractivity contribution in [3.8, 4) is 22.4 Å². The number of carbonyl (C=O) groups excluding carboxylic acids is 2. The first-order chi connectivity index (χ1) is 13.6. The molecule has 2 heterocycles. The Labute approximate surface area is 160 Å². The highest BCUT2D eigenvalue weighted by molar-refractivity contribution is 6.06. The highest BCUT2D eigenvalue weighted by Crippen LogP contribution is 2.29. The molecule has 1 amide bonds. The topological polar surface area (TPSA) is 63.5 Å². The maximum atomic E-state index is 13.3. The molecule has 138 valence electrons. The van der Waals surface area contributed by atoms with Crippen molar-refractivity contribution in [2.45, 2.75) is 0 Å². The van der Waals surface area contributed by atoms with Crippen molar-refractivity contribution in [2.24, 2.45) is 0 Å². The number of aldehydes is 1. The second kappa shape index (κ2) is 7.08. The van der Waals surface area contributed by atoms with E-state index in [1.165, 1.54) is 12.1 Å². The molecular formula is C22H16FN3O2. The number of hydrogen-bond donors (Lipinski definition) is 1. The highest BCUT2D eigenvalue weighted by Gasteiger charge is 2.20. The van der Waals surface area contributed by atoms with Crippen molar-refractivity contribution >= 4 is 17.7 Å². The van der Waals surface area contributed by atoms with Gasteiger partial charge in [0, 0.05) is 24.4 Å². The van der Waals surface area contributed by atoms with E-state index in [-0.39, 0.29) is 11.7 Å². The molecule has 4 rings (SSSR count). The van der Waals surface area contributed by atoms with Gasteiger partial charge < -0.3 is 5.32 Å². The van der Waals surface area contributed by atoms with Crippen molar-refractivity contribution in [2.75, 3.05) is 7.05 Å². The molecule has 0 radical (unpaired) electrons. The van der Waals surface area contributed by atoms with Gasteiger partial charge in [-0.25, -0.2) is 8.91 Å². The Kier molecular flexibility index (Phi) is 4.45. The monoisotopic (exact) mass is 373 g/mol. The molecule has 0 aliphatic carbocycles. The summed E-state index contributed by atoms with van der Waals surface area (Å²) in [5.41, 5.74) is 4.43. The van der Waals surface area contributed by atoms with Gasteiger partial charge in [0.2, 0.25) is 0 Å². The number of hydrogen-bond acceptors (Lipinski definition) is 3. The van der Waals surface area contributed by atoms with E-state index in [9.17, 15) is 14.0 Å². The lowest BCUT2D eigenvalue weighted by Gasteiger charge is -2.05. The number of carbonyl (C=O) groups is 2. The van der Waals surface area contributed by atoms with E-state index in [4.69, 9.17) is 0 Å². The molecule has 0 unspecified atom stereocenters. The van der Waals surface area contributed by atoms with Gasteiger partial charge in [-0.2, -0.15) is 5.10 Å². The first kappa shape index (κ1) is 17.6. The lowest BCUT2D eigenvalue weighted by molar-refractivity contribution is 0.0965. The average Bonchev–Trinajstić information content (AvgIpc) is 3.12. The zero-order chi connectivity index (χ0) is 19.7. The van der Waals surface area contributed by atoms with Gasteiger partial charge in [-0.15, -0.1) is 0 Å². The first-order valence-electron chi connectivity index (χ1n) is 8.66. The van der Waals surface area contributed by atoms with E-state index in [0.29, 0.717) is 27.9 Å². The molecule has 28 heavy (non-hydrogen) atoms. The fraction of sp³-hybridized carbons (Fsp3) is 0.0455. The van der Waals surface area contributed by atoms with Crippen LogP contribution < -0.4 is 5.32 Å². The summed E-state index contributed by atoms with van der Waals surface area (Å²) in [5.74, 6) is -0.639. The van der Waals surface area contributed by atoms with Crippen LogP contribution >= 0.6 is 0 Å². The maximum absolute atomic E-state index is 13.3. The number of halogens is 1. The van der Waals surface area contributed by atoms with E-state index in [0.717, 1.165) is 17.4 Å². The van der Waals surface area contributed by atoms with E-state index in [1.54, 1.807) is 42.0 Å². The molecule has 2 aromatic carbocycles. The average molecular weight is 373 g/mol. The Bertz CT molecular complexity index is 1200. The SMILES string of the molecule is CNC(=O)c1c(-c2ccc(F)cc2)nn2ccc(-c3cccc(C=O)c3)cc12. The normalized spacial score (nSPS) is 10.8. The second-order valence-electron chi connectivity index (χ2n) is 6.30. The molecule has 1 N–H and O–H groups in total. The summed E-state index contributed by atoms with van der Waals surface area (Å²) in [6, 6.07) is 16.8. The second-order valence-corrected chi connectivity index (χ2v) is 6.30. The van der Waals surface area contributed by atoms with Crippen molar-refractivity contribution in [3.05, 3.63) is 83.8 Å². The highest BCUT2D eigenvalue weighted by atomic mass is 19.1. The number of nitrogens with one attached hydrogen (secondary N) is 1. The van der Waals surface area contributed by atoms with Gasteiger partial charge in [-0.3, -0.25) is 9.59 Å².